The van der Waals surface area contributed by atoms with Gasteiger partial charge in [0.2, 0.25) is 0 Å². The van der Waals surface area contributed by atoms with E-state index in [2.05, 4.69) is 219 Å². The van der Waals surface area contributed by atoms with Crippen molar-refractivity contribution < 1.29 is 0 Å². The molecule has 71 heavy (non-hydrogen) atoms. The molecule has 0 bridgehead atoms. The van der Waals surface area contributed by atoms with E-state index < -0.39 is 0 Å². The van der Waals surface area contributed by atoms with Gasteiger partial charge in [-0.25, -0.2) is 0 Å². The summed E-state index contributed by atoms with van der Waals surface area (Å²) in [5.74, 6) is 0. The third-order valence-electron chi connectivity index (χ3n) is 17.3. The van der Waals surface area contributed by atoms with Crippen LogP contribution in [0.25, 0.3) is 184 Å². The molecule has 0 radical (unpaired) electrons. The summed E-state index contributed by atoms with van der Waals surface area (Å²) in [4.78, 5) is 0. The zero-order valence-corrected chi connectivity index (χ0v) is 38.7. The van der Waals surface area contributed by atoms with Crippen LogP contribution in [0, 0.1) is 6.92 Å². The Labute approximate surface area is 406 Å². The second-order valence-electron chi connectivity index (χ2n) is 20.4. The molecule has 0 aliphatic carbocycles. The molecular formula is C71H38. The predicted molar refractivity (Wildman–Crippen MR) is 309 cm³/mol. The van der Waals surface area contributed by atoms with Crippen molar-refractivity contribution in [3.63, 3.8) is 0 Å². The molecule has 0 atom stereocenters. The summed E-state index contributed by atoms with van der Waals surface area (Å²) < 4.78 is 0. The average molecular weight is 891 g/mol. The maximum Gasteiger partial charge on any atom is -0.000696 e. The monoisotopic (exact) mass is 890 g/mol. The quantitative estimate of drug-likeness (QED) is 0.122. The minimum Gasteiger partial charge on any atom is -0.0622 e. The smallest absolute Gasteiger partial charge is 0.000696 e. The fraction of sp³-hybridized carbons (Fsp3) is 0.0141. The Morgan fingerprint density at radius 3 is 1.06 bits per heavy atom. The first-order valence-corrected chi connectivity index (χ1v) is 25.1. The number of aryl methyl sites for hydroxylation is 1. The molecule has 0 spiro atoms. The molecule has 0 aliphatic rings. The van der Waals surface area contributed by atoms with Crippen LogP contribution in [0.5, 0.6) is 0 Å². The van der Waals surface area contributed by atoms with Crippen LogP contribution in [0.4, 0.5) is 0 Å². The summed E-state index contributed by atoms with van der Waals surface area (Å²) in [6.07, 6.45) is 0. The Bertz CT molecular complexity index is 5130. The third kappa shape index (κ3) is 4.25. The van der Waals surface area contributed by atoms with Crippen LogP contribution in [0.2, 0.25) is 0 Å². The van der Waals surface area contributed by atoms with Crippen molar-refractivity contribution in [1.29, 1.82) is 0 Å². The lowest BCUT2D eigenvalue weighted by Gasteiger charge is -2.15. The third-order valence-corrected chi connectivity index (χ3v) is 17.3. The number of rotatable bonds is 3. The van der Waals surface area contributed by atoms with Gasteiger partial charge in [0.15, 0.2) is 0 Å². The predicted octanol–water partition coefficient (Wildman–Crippen LogP) is 20.3. The van der Waals surface area contributed by atoms with Crippen molar-refractivity contribution in [1.82, 2.24) is 0 Å². The van der Waals surface area contributed by atoms with Crippen LogP contribution in [-0.2, 0) is 0 Å². The number of fused-ring (bicyclic) bond motifs is 15. The van der Waals surface area contributed by atoms with Crippen LogP contribution in [0.3, 0.4) is 0 Å². The fourth-order valence-corrected chi connectivity index (χ4v) is 14.7. The standard InChI is InChI=1S/C71H38/c1-37-15-8-9-22-41(37)59-51-28-14-25-43-42-23-10-11-24-44(42)65(62(43)51)71-55-36-32-48-46-30-34-53-63-52(33-29-45(60(46)63)47-31-35-54(70(59)71)64(55)61(47)48)68-57(39-16-4-2-5-17-39)66-49-26-12-20-38-21-13-27-50(56(38)49)67(66)58(69(53)68)40-18-6-3-7-19-40/h2-36H,1H3. The van der Waals surface area contributed by atoms with Crippen LogP contribution in [0.15, 0.2) is 212 Å². The molecular weight excluding hydrogens is 853 g/mol. The second kappa shape index (κ2) is 12.8. The topological polar surface area (TPSA) is 0 Å². The van der Waals surface area contributed by atoms with E-state index in [9.17, 15) is 0 Å². The molecule has 0 heterocycles. The molecule has 18 rings (SSSR count). The Morgan fingerprint density at radius 1 is 0.183 bits per heavy atom. The van der Waals surface area contributed by atoms with Gasteiger partial charge in [-0.1, -0.05) is 212 Å². The van der Waals surface area contributed by atoms with Crippen molar-refractivity contribution in [2.75, 3.05) is 0 Å². The lowest BCUT2D eigenvalue weighted by atomic mass is 9.87. The van der Waals surface area contributed by atoms with Crippen LogP contribution in [-0.4, -0.2) is 0 Å². The van der Waals surface area contributed by atoms with Gasteiger partial charge in [0.05, 0.1) is 0 Å². The summed E-state index contributed by atoms with van der Waals surface area (Å²) in [5.41, 5.74) is 9.13. The molecule has 0 unspecified atom stereocenters. The van der Waals surface area contributed by atoms with Gasteiger partial charge in [-0.15, -0.1) is 0 Å². The van der Waals surface area contributed by atoms with E-state index in [-0.39, 0.29) is 0 Å². The van der Waals surface area contributed by atoms with Gasteiger partial charge in [-0.3, -0.25) is 0 Å². The van der Waals surface area contributed by atoms with Crippen molar-refractivity contribution in [2.45, 2.75) is 6.92 Å². The number of benzene rings is 14. The molecule has 0 N–H and O–H groups in total. The molecule has 0 nitrogen and oxygen atoms in total. The highest BCUT2D eigenvalue weighted by atomic mass is 14.3. The highest BCUT2D eigenvalue weighted by Crippen LogP contribution is 2.59. The molecule has 0 amide bonds. The first-order valence-electron chi connectivity index (χ1n) is 25.1. The van der Waals surface area contributed by atoms with E-state index in [1.165, 1.54) is 190 Å². The van der Waals surface area contributed by atoms with E-state index in [1.54, 1.807) is 0 Å². The lowest BCUT2D eigenvalue weighted by molar-refractivity contribution is 1.48. The van der Waals surface area contributed by atoms with Gasteiger partial charge in [0.25, 0.3) is 0 Å². The maximum atomic E-state index is 2.48. The van der Waals surface area contributed by atoms with Gasteiger partial charge in [-0.05, 0) is 197 Å². The zero-order valence-electron chi connectivity index (χ0n) is 38.7. The number of hydrogen-bond donors (Lipinski definition) is 0. The Morgan fingerprint density at radius 2 is 0.507 bits per heavy atom. The van der Waals surface area contributed by atoms with Gasteiger partial charge in [0, 0.05) is 0 Å². The first kappa shape index (κ1) is 36.9. The minimum atomic E-state index is 1.26. The van der Waals surface area contributed by atoms with Crippen LogP contribution >= 0.6 is 0 Å². The summed E-state index contributed by atoms with van der Waals surface area (Å²) in [6, 6.07) is 81.2. The van der Waals surface area contributed by atoms with Crippen molar-refractivity contribution >= 4 is 151 Å². The first-order chi connectivity index (χ1) is 35.2. The molecule has 322 valence electrons. The zero-order chi connectivity index (χ0) is 46.0. The molecule has 18 aromatic rings. The largest absolute Gasteiger partial charge is 0.0622 e. The van der Waals surface area contributed by atoms with E-state index in [1.807, 2.05) is 0 Å². The SMILES string of the molecule is Cc1ccccc1-c1c2cccc3c4ccccc4c(c23)c2c3ccc4c5ccc6c7c(-c8ccccc8)c8c9cccc%10cccc(c8c(-c8ccccc8)c7c7ccc(c8ccc(c12)c3c84)c5c76)c%109. The molecule has 18 aromatic carbocycles. The number of hydrogen-bond acceptors (Lipinski definition) is 0. The molecule has 0 heteroatoms. The molecule has 0 saturated carbocycles. The molecule has 0 fully saturated rings. The highest BCUT2D eigenvalue weighted by molar-refractivity contribution is 6.53. The Kier molecular flexibility index (Phi) is 6.62. The summed E-state index contributed by atoms with van der Waals surface area (Å²) in [6.45, 7) is 2.28. The summed E-state index contributed by atoms with van der Waals surface area (Å²) >= 11 is 0. The van der Waals surface area contributed by atoms with E-state index in [4.69, 9.17) is 0 Å². The van der Waals surface area contributed by atoms with Crippen molar-refractivity contribution in [2.24, 2.45) is 0 Å². The Hall–Kier alpha value is -9.10. The molecule has 0 saturated heterocycles. The summed E-state index contributed by atoms with van der Waals surface area (Å²) in [5, 5.41) is 37.7. The maximum absolute atomic E-state index is 2.48. The Balaban J connectivity index is 1.06. The van der Waals surface area contributed by atoms with Gasteiger partial charge in [0.1, 0.15) is 0 Å². The van der Waals surface area contributed by atoms with Gasteiger partial charge >= 0.3 is 0 Å². The van der Waals surface area contributed by atoms with E-state index >= 15 is 0 Å². The highest BCUT2D eigenvalue weighted by Gasteiger charge is 2.31. The van der Waals surface area contributed by atoms with Crippen molar-refractivity contribution in [3.8, 4) is 33.4 Å². The molecule has 0 aromatic heterocycles. The normalized spacial score (nSPS) is 12.9. The van der Waals surface area contributed by atoms with Gasteiger partial charge in [-0.2, -0.15) is 0 Å². The summed E-state index contributed by atoms with van der Waals surface area (Å²) in [7, 11) is 0. The lowest BCUT2D eigenvalue weighted by Crippen LogP contribution is -1.88. The van der Waals surface area contributed by atoms with Gasteiger partial charge < -0.3 is 0 Å². The average Bonchev–Trinajstić information content (AvgIpc) is 4.16. The van der Waals surface area contributed by atoms with Crippen molar-refractivity contribution in [3.05, 3.63) is 218 Å². The minimum absolute atomic E-state index is 1.26. The van der Waals surface area contributed by atoms with E-state index in [0.717, 1.165) is 0 Å². The molecule has 0 aliphatic heterocycles. The van der Waals surface area contributed by atoms with Crippen LogP contribution in [0.1, 0.15) is 5.56 Å². The van der Waals surface area contributed by atoms with E-state index in [0.29, 0.717) is 0 Å². The van der Waals surface area contributed by atoms with Crippen LogP contribution < -0.4 is 0 Å². The second-order valence-corrected chi connectivity index (χ2v) is 20.4. The fourth-order valence-electron chi connectivity index (χ4n) is 14.7.